The van der Waals surface area contributed by atoms with Crippen LogP contribution in [-0.2, 0) is 6.54 Å². The number of benzene rings is 1. The maximum atomic E-state index is 5.98. The number of pyridine rings is 1. The van der Waals surface area contributed by atoms with E-state index in [1.807, 2.05) is 30.5 Å². The van der Waals surface area contributed by atoms with Crippen LogP contribution >= 0.6 is 23.2 Å². The molecule has 0 amide bonds. The summed E-state index contributed by atoms with van der Waals surface area (Å²) in [5.74, 6) is 0. The number of aromatic amines is 1. The lowest BCUT2D eigenvalue weighted by molar-refractivity contribution is 1.16. The molecule has 0 aliphatic carbocycles. The van der Waals surface area contributed by atoms with Crippen molar-refractivity contribution in [3.8, 4) is 0 Å². The number of halogens is 2. The van der Waals surface area contributed by atoms with Crippen molar-refractivity contribution in [3.05, 3.63) is 58.3 Å². The SMILES string of the molecule is Clc1ccc(NCc2c[nH]c3ncccc23)cc1Cl. The second kappa shape index (κ2) is 5.11. The Morgan fingerprint density at radius 1 is 1.16 bits per heavy atom. The van der Waals surface area contributed by atoms with Gasteiger partial charge in [-0.1, -0.05) is 23.2 Å². The van der Waals surface area contributed by atoms with Gasteiger partial charge < -0.3 is 10.3 Å². The molecule has 1 aromatic carbocycles. The minimum Gasteiger partial charge on any atom is -0.381 e. The highest BCUT2D eigenvalue weighted by molar-refractivity contribution is 6.42. The number of nitrogens with one attached hydrogen (secondary N) is 2. The first-order valence-electron chi connectivity index (χ1n) is 5.84. The highest BCUT2D eigenvalue weighted by Crippen LogP contribution is 2.25. The van der Waals surface area contributed by atoms with Gasteiger partial charge >= 0.3 is 0 Å². The Balaban J connectivity index is 1.80. The fourth-order valence-corrected chi connectivity index (χ4v) is 2.26. The molecule has 0 radical (unpaired) electrons. The molecule has 0 aliphatic heterocycles. The lowest BCUT2D eigenvalue weighted by atomic mass is 10.2. The van der Waals surface area contributed by atoms with Crippen molar-refractivity contribution >= 4 is 39.9 Å². The smallest absolute Gasteiger partial charge is 0.137 e. The van der Waals surface area contributed by atoms with Crippen molar-refractivity contribution < 1.29 is 0 Å². The summed E-state index contributed by atoms with van der Waals surface area (Å²) >= 11 is 11.9. The van der Waals surface area contributed by atoms with Crippen LogP contribution < -0.4 is 5.32 Å². The molecule has 0 fully saturated rings. The molecule has 2 heterocycles. The van der Waals surface area contributed by atoms with Crippen LogP contribution in [0.25, 0.3) is 11.0 Å². The van der Waals surface area contributed by atoms with Gasteiger partial charge in [-0.05, 0) is 35.9 Å². The molecule has 0 saturated heterocycles. The third-order valence-electron chi connectivity index (χ3n) is 2.94. The van der Waals surface area contributed by atoms with Crippen LogP contribution in [0.3, 0.4) is 0 Å². The Bertz CT molecular complexity index is 722. The van der Waals surface area contributed by atoms with Crippen molar-refractivity contribution in [2.45, 2.75) is 6.54 Å². The van der Waals surface area contributed by atoms with Crippen LogP contribution in [0.5, 0.6) is 0 Å². The predicted octanol–water partition coefficient (Wildman–Crippen LogP) is 4.48. The minimum absolute atomic E-state index is 0.548. The normalized spacial score (nSPS) is 10.8. The van der Waals surface area contributed by atoms with Gasteiger partial charge in [0.1, 0.15) is 5.65 Å². The average molecular weight is 292 g/mol. The zero-order valence-corrected chi connectivity index (χ0v) is 11.5. The molecule has 19 heavy (non-hydrogen) atoms. The van der Waals surface area contributed by atoms with Crippen molar-refractivity contribution in [1.82, 2.24) is 9.97 Å². The Kier molecular flexibility index (Phi) is 3.32. The summed E-state index contributed by atoms with van der Waals surface area (Å²) in [7, 11) is 0. The second-order valence-corrected chi connectivity index (χ2v) is 5.01. The molecule has 0 bridgehead atoms. The molecule has 0 unspecified atom stereocenters. The number of nitrogens with zero attached hydrogens (tertiary/aromatic N) is 1. The molecular formula is C14H11Cl2N3. The number of rotatable bonds is 3. The summed E-state index contributed by atoms with van der Waals surface area (Å²) in [6.45, 7) is 0.698. The largest absolute Gasteiger partial charge is 0.381 e. The molecule has 96 valence electrons. The summed E-state index contributed by atoms with van der Waals surface area (Å²) in [6.07, 6.45) is 3.73. The molecule has 0 spiro atoms. The molecule has 3 nitrogen and oxygen atoms in total. The zero-order chi connectivity index (χ0) is 13.2. The molecule has 0 aliphatic rings. The van der Waals surface area contributed by atoms with E-state index in [0.717, 1.165) is 22.3 Å². The molecule has 0 saturated carbocycles. The summed E-state index contributed by atoms with van der Waals surface area (Å²) in [4.78, 5) is 7.41. The van der Waals surface area contributed by atoms with Crippen LogP contribution in [0.15, 0.2) is 42.7 Å². The van der Waals surface area contributed by atoms with Gasteiger partial charge in [0.15, 0.2) is 0 Å². The first kappa shape index (κ1) is 12.3. The quantitative estimate of drug-likeness (QED) is 0.747. The van der Waals surface area contributed by atoms with E-state index >= 15 is 0 Å². The summed E-state index contributed by atoms with van der Waals surface area (Å²) in [6, 6.07) is 9.48. The zero-order valence-electron chi connectivity index (χ0n) is 9.95. The third-order valence-corrected chi connectivity index (χ3v) is 3.68. The van der Waals surface area contributed by atoms with Crippen LogP contribution in [0, 0.1) is 0 Å². The van der Waals surface area contributed by atoms with Crippen molar-refractivity contribution in [3.63, 3.8) is 0 Å². The van der Waals surface area contributed by atoms with E-state index in [4.69, 9.17) is 23.2 Å². The van der Waals surface area contributed by atoms with E-state index in [-0.39, 0.29) is 0 Å². The fraction of sp³-hybridized carbons (Fsp3) is 0.0714. The highest BCUT2D eigenvalue weighted by atomic mass is 35.5. The Hall–Kier alpha value is -1.71. The summed E-state index contributed by atoms with van der Waals surface area (Å²) in [5, 5.41) is 5.54. The Morgan fingerprint density at radius 2 is 2.05 bits per heavy atom. The van der Waals surface area contributed by atoms with Gasteiger partial charge in [-0.25, -0.2) is 4.98 Å². The topological polar surface area (TPSA) is 40.7 Å². The Morgan fingerprint density at radius 3 is 2.89 bits per heavy atom. The minimum atomic E-state index is 0.548. The fourth-order valence-electron chi connectivity index (χ4n) is 1.96. The van der Waals surface area contributed by atoms with Gasteiger partial charge in [0, 0.05) is 30.0 Å². The first-order valence-corrected chi connectivity index (χ1v) is 6.59. The lowest BCUT2D eigenvalue weighted by Crippen LogP contribution is -1.98. The van der Waals surface area contributed by atoms with Crippen molar-refractivity contribution in [2.75, 3.05) is 5.32 Å². The number of aromatic nitrogens is 2. The lowest BCUT2D eigenvalue weighted by Gasteiger charge is -2.06. The van der Waals surface area contributed by atoms with E-state index in [1.165, 1.54) is 0 Å². The first-order chi connectivity index (χ1) is 9.24. The van der Waals surface area contributed by atoms with Gasteiger partial charge in [0.05, 0.1) is 10.0 Å². The maximum Gasteiger partial charge on any atom is 0.137 e. The van der Waals surface area contributed by atoms with Crippen LogP contribution in [0.1, 0.15) is 5.56 Å². The van der Waals surface area contributed by atoms with E-state index in [9.17, 15) is 0 Å². The molecule has 3 rings (SSSR count). The van der Waals surface area contributed by atoms with Gasteiger partial charge in [-0.2, -0.15) is 0 Å². The molecule has 2 N–H and O–H groups in total. The number of fused-ring (bicyclic) bond motifs is 1. The second-order valence-electron chi connectivity index (χ2n) is 4.20. The van der Waals surface area contributed by atoms with Gasteiger partial charge in [-0.3, -0.25) is 0 Å². The van der Waals surface area contributed by atoms with E-state index in [0.29, 0.717) is 16.6 Å². The van der Waals surface area contributed by atoms with E-state index < -0.39 is 0 Å². The molecule has 5 heteroatoms. The van der Waals surface area contributed by atoms with Gasteiger partial charge in [0.25, 0.3) is 0 Å². The van der Waals surface area contributed by atoms with Gasteiger partial charge in [0.2, 0.25) is 0 Å². The maximum absolute atomic E-state index is 5.98. The highest BCUT2D eigenvalue weighted by Gasteiger charge is 2.04. The van der Waals surface area contributed by atoms with Crippen LogP contribution in [0.2, 0.25) is 10.0 Å². The number of H-pyrrole nitrogens is 1. The van der Waals surface area contributed by atoms with E-state index in [1.54, 1.807) is 12.3 Å². The summed E-state index contributed by atoms with van der Waals surface area (Å²) < 4.78 is 0. The Labute approximate surface area is 120 Å². The molecule has 0 atom stereocenters. The molecule has 3 aromatic rings. The molecule has 2 aromatic heterocycles. The summed E-state index contributed by atoms with van der Waals surface area (Å²) in [5.41, 5.74) is 3.00. The number of anilines is 1. The predicted molar refractivity (Wildman–Crippen MR) is 79.9 cm³/mol. The van der Waals surface area contributed by atoms with Crippen molar-refractivity contribution in [1.29, 1.82) is 0 Å². The molecular weight excluding hydrogens is 281 g/mol. The van der Waals surface area contributed by atoms with Crippen molar-refractivity contribution in [2.24, 2.45) is 0 Å². The third kappa shape index (κ3) is 2.53. The standard InChI is InChI=1S/C14H11Cl2N3/c15-12-4-3-10(6-13(12)16)18-7-9-8-19-14-11(9)2-1-5-17-14/h1-6,8,18H,7H2,(H,17,19). The average Bonchev–Trinajstić information content (AvgIpc) is 2.83. The monoisotopic (exact) mass is 291 g/mol. The van der Waals surface area contributed by atoms with Crippen LogP contribution in [-0.4, -0.2) is 9.97 Å². The van der Waals surface area contributed by atoms with Gasteiger partial charge in [-0.15, -0.1) is 0 Å². The number of hydrogen-bond donors (Lipinski definition) is 2. The van der Waals surface area contributed by atoms with E-state index in [2.05, 4.69) is 15.3 Å². The van der Waals surface area contributed by atoms with Crippen LogP contribution in [0.4, 0.5) is 5.69 Å². The number of hydrogen-bond acceptors (Lipinski definition) is 2.